The molecule has 1 aromatic heterocycles. The van der Waals surface area contributed by atoms with Crippen LogP contribution in [0.4, 0.5) is 18.9 Å². The van der Waals surface area contributed by atoms with Gasteiger partial charge in [-0.1, -0.05) is 0 Å². The Bertz CT molecular complexity index is 965. The number of carbonyl (C=O) groups is 1. The number of benzene rings is 1. The highest BCUT2D eigenvalue weighted by Gasteiger charge is 2.49. The second-order valence-electron chi connectivity index (χ2n) is 7.11. The smallest absolute Gasteiger partial charge is 0.275 e. The number of aromatic nitrogens is 2. The zero-order valence-electron chi connectivity index (χ0n) is 16.0. The van der Waals surface area contributed by atoms with Crippen LogP contribution >= 0.6 is 0 Å². The van der Waals surface area contributed by atoms with Gasteiger partial charge in [0.15, 0.2) is 5.67 Å². The summed E-state index contributed by atoms with van der Waals surface area (Å²) in [6.45, 7) is 2.46. The third kappa shape index (κ3) is 3.87. The van der Waals surface area contributed by atoms with E-state index in [9.17, 15) is 18.0 Å². The molecule has 7 nitrogen and oxygen atoms in total. The monoisotopic (exact) mass is 407 g/mol. The van der Waals surface area contributed by atoms with E-state index in [4.69, 9.17) is 10.5 Å². The second kappa shape index (κ2) is 7.34. The van der Waals surface area contributed by atoms with Crippen LogP contribution in [0.3, 0.4) is 0 Å². The Kier molecular flexibility index (Phi) is 5.20. The molecule has 0 saturated carbocycles. The number of alkyl halides is 2. The molecule has 29 heavy (non-hydrogen) atoms. The number of hydrogen-bond acceptors (Lipinski definition) is 6. The summed E-state index contributed by atoms with van der Waals surface area (Å²) >= 11 is 0. The summed E-state index contributed by atoms with van der Waals surface area (Å²) in [6.07, 6.45) is 0.104. The highest BCUT2D eigenvalue weighted by atomic mass is 19.2. The molecule has 0 aliphatic carbocycles. The van der Waals surface area contributed by atoms with Crippen molar-refractivity contribution in [2.75, 3.05) is 12.4 Å². The van der Waals surface area contributed by atoms with E-state index < -0.39 is 41.4 Å². The standard InChI is InChI=1S/C19H20F3N5O2/c1-18(22)7-14(21)19(2,27-17(18)23)11-6-10(4-5-12(11)20)26-16(28)13-8-25-15(29-3)9-24-13/h4-6,8-9,14H,7H2,1-3H3,(H2,23,27)(H,26,28)/t14-,18-,19+/m0/s1. The lowest BCUT2D eigenvalue weighted by atomic mass is 9.79. The van der Waals surface area contributed by atoms with Crippen molar-refractivity contribution in [2.45, 2.75) is 37.6 Å². The number of halogens is 3. The molecule has 10 heteroatoms. The van der Waals surface area contributed by atoms with Crippen LogP contribution in [0.25, 0.3) is 0 Å². The highest BCUT2D eigenvalue weighted by molar-refractivity contribution is 6.02. The topological polar surface area (TPSA) is 102 Å². The second-order valence-corrected chi connectivity index (χ2v) is 7.11. The molecule has 0 radical (unpaired) electrons. The molecule has 1 aliphatic heterocycles. The average molecular weight is 407 g/mol. The molecule has 1 amide bonds. The Morgan fingerprint density at radius 1 is 1.31 bits per heavy atom. The number of amides is 1. The number of nitrogens with zero attached hydrogens (tertiary/aromatic N) is 3. The Balaban J connectivity index is 1.92. The normalized spacial score (nSPS) is 26.6. The van der Waals surface area contributed by atoms with Gasteiger partial charge in [-0.2, -0.15) is 0 Å². The lowest BCUT2D eigenvalue weighted by Gasteiger charge is -2.38. The van der Waals surface area contributed by atoms with Crippen molar-refractivity contribution in [1.29, 1.82) is 0 Å². The molecule has 0 saturated heterocycles. The Morgan fingerprint density at radius 3 is 2.66 bits per heavy atom. The highest BCUT2D eigenvalue weighted by Crippen LogP contribution is 2.42. The fourth-order valence-corrected chi connectivity index (χ4v) is 3.03. The number of amidine groups is 1. The summed E-state index contributed by atoms with van der Waals surface area (Å²) in [5, 5.41) is 2.54. The molecule has 1 aromatic carbocycles. The molecule has 0 unspecified atom stereocenters. The van der Waals surface area contributed by atoms with Crippen LogP contribution in [-0.2, 0) is 5.54 Å². The third-order valence-electron chi connectivity index (χ3n) is 4.90. The minimum absolute atomic E-state index is 0.000572. The summed E-state index contributed by atoms with van der Waals surface area (Å²) in [5.41, 5.74) is 1.82. The molecule has 0 spiro atoms. The third-order valence-corrected chi connectivity index (χ3v) is 4.90. The van der Waals surface area contributed by atoms with Gasteiger partial charge in [-0.05, 0) is 32.0 Å². The van der Waals surface area contributed by atoms with Gasteiger partial charge in [-0.25, -0.2) is 23.1 Å². The molecular formula is C19H20F3N5O2. The number of anilines is 1. The van der Waals surface area contributed by atoms with Crippen LogP contribution in [0.2, 0.25) is 0 Å². The first kappa shape index (κ1) is 20.6. The first-order valence-electron chi connectivity index (χ1n) is 8.73. The molecule has 3 rings (SSSR count). The fraction of sp³-hybridized carbons (Fsp3) is 0.368. The molecule has 1 aliphatic rings. The molecule has 2 aromatic rings. The predicted molar refractivity (Wildman–Crippen MR) is 101 cm³/mol. The number of nitrogens with one attached hydrogen (secondary N) is 1. The predicted octanol–water partition coefficient (Wildman–Crippen LogP) is 2.92. The molecule has 154 valence electrons. The average Bonchev–Trinajstić information content (AvgIpc) is 2.67. The van der Waals surface area contributed by atoms with Crippen molar-refractivity contribution >= 4 is 17.4 Å². The van der Waals surface area contributed by atoms with Crippen LogP contribution < -0.4 is 15.8 Å². The van der Waals surface area contributed by atoms with Gasteiger partial charge in [0.1, 0.15) is 29.1 Å². The van der Waals surface area contributed by atoms with E-state index in [2.05, 4.69) is 20.3 Å². The van der Waals surface area contributed by atoms with Crippen molar-refractivity contribution < 1.29 is 22.7 Å². The number of nitrogens with two attached hydrogens (primary N) is 1. The number of methoxy groups -OCH3 is 1. The van der Waals surface area contributed by atoms with Gasteiger partial charge in [0, 0.05) is 17.7 Å². The first-order chi connectivity index (χ1) is 13.6. The van der Waals surface area contributed by atoms with Crippen LogP contribution in [0, 0.1) is 5.82 Å². The number of aliphatic imine (C=N–C) groups is 1. The van der Waals surface area contributed by atoms with Crippen LogP contribution in [-0.4, -0.2) is 40.7 Å². The fourth-order valence-electron chi connectivity index (χ4n) is 3.03. The van der Waals surface area contributed by atoms with Crippen molar-refractivity contribution in [3.05, 3.63) is 47.7 Å². The van der Waals surface area contributed by atoms with Gasteiger partial charge in [0.05, 0.1) is 19.5 Å². The van der Waals surface area contributed by atoms with Crippen molar-refractivity contribution in [3.8, 4) is 5.88 Å². The SMILES string of the molecule is COc1cnc(C(=O)Nc2ccc(F)c([C@@]3(C)N=C(N)[C@@](C)(F)C[C@@H]3F)c2)cn1. The molecule has 0 fully saturated rings. The molecule has 3 atom stereocenters. The van der Waals surface area contributed by atoms with E-state index in [1.807, 2.05) is 0 Å². The molecular weight excluding hydrogens is 387 g/mol. The maximum absolute atomic E-state index is 14.8. The quantitative estimate of drug-likeness (QED) is 0.811. The summed E-state index contributed by atoms with van der Waals surface area (Å²) in [7, 11) is 1.41. The zero-order valence-corrected chi connectivity index (χ0v) is 16.0. The Labute approximate surface area is 165 Å². The summed E-state index contributed by atoms with van der Waals surface area (Å²) < 4.78 is 48.5. The zero-order chi connectivity index (χ0) is 21.4. The van der Waals surface area contributed by atoms with Crippen molar-refractivity contribution in [3.63, 3.8) is 0 Å². The Hall–Kier alpha value is -3.17. The van der Waals surface area contributed by atoms with Gasteiger partial charge in [-0.3, -0.25) is 9.79 Å². The van der Waals surface area contributed by atoms with Crippen molar-refractivity contribution in [2.24, 2.45) is 10.7 Å². The maximum atomic E-state index is 14.8. The van der Waals surface area contributed by atoms with Crippen molar-refractivity contribution in [1.82, 2.24) is 9.97 Å². The number of carbonyl (C=O) groups excluding carboxylic acids is 1. The van der Waals surface area contributed by atoms with Crippen LogP contribution in [0.5, 0.6) is 5.88 Å². The van der Waals surface area contributed by atoms with E-state index in [-0.39, 0.29) is 22.8 Å². The van der Waals surface area contributed by atoms with Gasteiger partial charge in [0.2, 0.25) is 5.88 Å². The minimum Gasteiger partial charge on any atom is -0.480 e. The van der Waals surface area contributed by atoms with Gasteiger partial charge in [-0.15, -0.1) is 0 Å². The number of hydrogen-bond donors (Lipinski definition) is 2. The van der Waals surface area contributed by atoms with Gasteiger partial charge in [0.25, 0.3) is 5.91 Å². The van der Waals surface area contributed by atoms with E-state index in [0.717, 1.165) is 13.0 Å². The lowest BCUT2D eigenvalue weighted by Crippen LogP contribution is -2.51. The minimum atomic E-state index is -2.12. The summed E-state index contributed by atoms with van der Waals surface area (Å²) in [6, 6.07) is 3.62. The summed E-state index contributed by atoms with van der Waals surface area (Å²) in [4.78, 5) is 24.1. The number of rotatable bonds is 4. The van der Waals surface area contributed by atoms with Crippen LogP contribution in [0.15, 0.2) is 35.6 Å². The van der Waals surface area contributed by atoms with Crippen LogP contribution in [0.1, 0.15) is 36.3 Å². The number of ether oxygens (including phenoxy) is 1. The summed E-state index contributed by atoms with van der Waals surface area (Å²) in [5.74, 6) is -1.53. The largest absolute Gasteiger partial charge is 0.480 e. The maximum Gasteiger partial charge on any atom is 0.275 e. The molecule has 2 heterocycles. The van der Waals surface area contributed by atoms with Gasteiger partial charge >= 0.3 is 0 Å². The molecule has 3 N–H and O–H groups in total. The molecule has 0 bridgehead atoms. The Morgan fingerprint density at radius 2 is 2.03 bits per heavy atom. The van der Waals surface area contributed by atoms with Gasteiger partial charge < -0.3 is 15.8 Å². The van der Waals surface area contributed by atoms with E-state index in [1.165, 1.54) is 38.6 Å². The first-order valence-corrected chi connectivity index (χ1v) is 8.73. The van der Waals surface area contributed by atoms with E-state index >= 15 is 0 Å². The van der Waals surface area contributed by atoms with E-state index in [1.54, 1.807) is 0 Å². The van der Waals surface area contributed by atoms with E-state index in [0.29, 0.717) is 0 Å². The lowest BCUT2D eigenvalue weighted by molar-refractivity contribution is 0.102.